The quantitative estimate of drug-likeness (QED) is 0.667. The Morgan fingerprint density at radius 2 is 1.94 bits per heavy atom. The second kappa shape index (κ2) is 11.2. The molecule has 1 saturated heterocycles. The van der Waals surface area contributed by atoms with Crippen LogP contribution in [-0.2, 0) is 27.4 Å². The van der Waals surface area contributed by atoms with Crippen molar-refractivity contribution in [1.29, 1.82) is 0 Å². The molecule has 0 N–H and O–H groups in total. The van der Waals surface area contributed by atoms with Crippen molar-refractivity contribution in [3.05, 3.63) is 60.2 Å². The maximum atomic E-state index is 13.2. The van der Waals surface area contributed by atoms with Crippen molar-refractivity contribution in [2.45, 2.75) is 63.7 Å². The van der Waals surface area contributed by atoms with E-state index in [0.29, 0.717) is 32.5 Å². The van der Waals surface area contributed by atoms with E-state index in [9.17, 15) is 9.59 Å². The Balaban J connectivity index is 1.44. The summed E-state index contributed by atoms with van der Waals surface area (Å²) >= 11 is 0. The summed E-state index contributed by atoms with van der Waals surface area (Å²) in [6, 6.07) is 9.82. The van der Waals surface area contributed by atoms with Crippen LogP contribution in [0, 0.1) is 0 Å². The van der Waals surface area contributed by atoms with E-state index in [-0.39, 0.29) is 30.5 Å². The molecular formula is C25H32N4O3. The standard InChI is InChI=1S/C25H32N4O3/c30-24(12-11-21-8-4-5-14-27-21)28-16-23(32-19-20-7-6-13-26-15-20)17-29(25(31)18-28)22-9-2-1-3-10-22/h4-8,13-15,22-23H,1-3,9-12,16-19H2. The molecule has 2 aromatic heterocycles. The summed E-state index contributed by atoms with van der Waals surface area (Å²) in [6.45, 7) is 1.51. The van der Waals surface area contributed by atoms with Crippen molar-refractivity contribution in [3.8, 4) is 0 Å². The molecule has 0 aromatic carbocycles. The summed E-state index contributed by atoms with van der Waals surface area (Å²) in [5.41, 5.74) is 1.87. The van der Waals surface area contributed by atoms with Gasteiger partial charge in [0.2, 0.25) is 11.8 Å². The minimum atomic E-state index is -0.220. The average molecular weight is 437 g/mol. The van der Waals surface area contributed by atoms with Crippen LogP contribution >= 0.6 is 0 Å². The summed E-state index contributed by atoms with van der Waals surface area (Å²) in [5.74, 6) is 0.0139. The number of amides is 2. The summed E-state index contributed by atoms with van der Waals surface area (Å²) in [5, 5.41) is 0. The minimum Gasteiger partial charge on any atom is -0.370 e. The Bertz CT molecular complexity index is 871. The molecule has 0 bridgehead atoms. The van der Waals surface area contributed by atoms with Gasteiger partial charge < -0.3 is 14.5 Å². The molecule has 4 rings (SSSR count). The van der Waals surface area contributed by atoms with E-state index in [1.807, 2.05) is 35.2 Å². The first kappa shape index (κ1) is 22.4. The van der Waals surface area contributed by atoms with Gasteiger partial charge in [-0.05, 0) is 43.0 Å². The molecular weight excluding hydrogens is 404 g/mol. The third-order valence-electron chi connectivity index (χ3n) is 6.37. The third-order valence-corrected chi connectivity index (χ3v) is 6.37. The summed E-state index contributed by atoms with van der Waals surface area (Å²) in [6.07, 6.45) is 11.6. The van der Waals surface area contributed by atoms with Gasteiger partial charge in [0.25, 0.3) is 0 Å². The second-order valence-electron chi connectivity index (χ2n) is 8.73. The number of hydrogen-bond acceptors (Lipinski definition) is 5. The van der Waals surface area contributed by atoms with E-state index in [1.165, 1.54) is 6.42 Å². The normalized spacial score (nSPS) is 20.2. The number of ether oxygens (including phenoxy) is 1. The lowest BCUT2D eigenvalue weighted by Crippen LogP contribution is -2.46. The number of rotatable bonds is 7. The second-order valence-corrected chi connectivity index (χ2v) is 8.73. The van der Waals surface area contributed by atoms with Crippen LogP contribution in [0.3, 0.4) is 0 Å². The van der Waals surface area contributed by atoms with Crippen LogP contribution in [0.5, 0.6) is 0 Å². The highest BCUT2D eigenvalue weighted by atomic mass is 16.5. The fourth-order valence-corrected chi connectivity index (χ4v) is 4.62. The molecule has 1 aliphatic carbocycles. The number of aromatic nitrogens is 2. The highest BCUT2D eigenvalue weighted by Gasteiger charge is 2.34. The van der Waals surface area contributed by atoms with Crippen LogP contribution < -0.4 is 0 Å². The predicted molar refractivity (Wildman–Crippen MR) is 121 cm³/mol. The lowest BCUT2D eigenvalue weighted by atomic mass is 9.94. The fourth-order valence-electron chi connectivity index (χ4n) is 4.62. The van der Waals surface area contributed by atoms with Crippen LogP contribution in [0.2, 0.25) is 0 Å². The number of nitrogens with zero attached hydrogens (tertiary/aromatic N) is 4. The van der Waals surface area contributed by atoms with Gasteiger partial charge in [-0.1, -0.05) is 31.4 Å². The Morgan fingerprint density at radius 1 is 1.06 bits per heavy atom. The number of carbonyl (C=O) groups excluding carboxylic acids is 2. The molecule has 1 atom stereocenters. The molecule has 2 fully saturated rings. The van der Waals surface area contributed by atoms with Crippen LogP contribution in [0.4, 0.5) is 0 Å². The number of pyridine rings is 2. The zero-order valence-corrected chi connectivity index (χ0v) is 18.6. The smallest absolute Gasteiger partial charge is 0.242 e. The lowest BCUT2D eigenvalue weighted by Gasteiger charge is -2.34. The molecule has 1 saturated carbocycles. The van der Waals surface area contributed by atoms with Crippen molar-refractivity contribution >= 4 is 11.8 Å². The average Bonchev–Trinajstić information content (AvgIpc) is 3.02. The summed E-state index contributed by atoms with van der Waals surface area (Å²) in [7, 11) is 0. The zero-order valence-electron chi connectivity index (χ0n) is 18.6. The largest absolute Gasteiger partial charge is 0.370 e. The first-order valence-electron chi connectivity index (χ1n) is 11.7. The molecule has 0 radical (unpaired) electrons. The first-order chi connectivity index (χ1) is 15.7. The van der Waals surface area contributed by atoms with Crippen LogP contribution in [-0.4, -0.2) is 63.4 Å². The molecule has 0 spiro atoms. The van der Waals surface area contributed by atoms with Crippen LogP contribution in [0.15, 0.2) is 48.9 Å². The van der Waals surface area contributed by atoms with Crippen molar-refractivity contribution in [1.82, 2.24) is 19.8 Å². The van der Waals surface area contributed by atoms with Gasteiger partial charge in [0.05, 0.1) is 19.3 Å². The molecule has 170 valence electrons. The van der Waals surface area contributed by atoms with Crippen molar-refractivity contribution in [2.24, 2.45) is 0 Å². The lowest BCUT2D eigenvalue weighted by molar-refractivity contribution is -0.140. The molecule has 1 unspecified atom stereocenters. The molecule has 7 nitrogen and oxygen atoms in total. The van der Waals surface area contributed by atoms with Gasteiger partial charge in [-0.15, -0.1) is 0 Å². The van der Waals surface area contributed by atoms with Gasteiger partial charge >= 0.3 is 0 Å². The van der Waals surface area contributed by atoms with E-state index in [2.05, 4.69) is 9.97 Å². The van der Waals surface area contributed by atoms with Gasteiger partial charge in [-0.2, -0.15) is 0 Å². The highest BCUT2D eigenvalue weighted by Crippen LogP contribution is 2.25. The molecule has 32 heavy (non-hydrogen) atoms. The van der Waals surface area contributed by atoms with Crippen molar-refractivity contribution in [3.63, 3.8) is 0 Å². The van der Waals surface area contributed by atoms with Gasteiger partial charge in [-0.25, -0.2) is 0 Å². The van der Waals surface area contributed by atoms with Crippen LogP contribution in [0.1, 0.15) is 49.8 Å². The van der Waals surface area contributed by atoms with E-state index < -0.39 is 0 Å². The van der Waals surface area contributed by atoms with E-state index >= 15 is 0 Å². The molecule has 2 amide bonds. The Hall–Kier alpha value is -2.80. The number of aryl methyl sites for hydroxylation is 1. The predicted octanol–water partition coefficient (Wildman–Crippen LogP) is 3.00. The topological polar surface area (TPSA) is 75.6 Å². The van der Waals surface area contributed by atoms with Crippen molar-refractivity contribution < 1.29 is 14.3 Å². The van der Waals surface area contributed by atoms with E-state index in [1.54, 1.807) is 23.5 Å². The SMILES string of the molecule is O=C(CCc1ccccn1)N1CC(=O)N(C2CCCCC2)CC(OCc2cccnc2)C1. The van der Waals surface area contributed by atoms with E-state index in [0.717, 1.165) is 36.9 Å². The van der Waals surface area contributed by atoms with Gasteiger partial charge in [-0.3, -0.25) is 19.6 Å². The highest BCUT2D eigenvalue weighted by molar-refractivity contribution is 5.85. The molecule has 1 aliphatic heterocycles. The molecule has 3 heterocycles. The maximum absolute atomic E-state index is 13.2. The fraction of sp³-hybridized carbons (Fsp3) is 0.520. The third kappa shape index (κ3) is 6.13. The zero-order chi connectivity index (χ0) is 22.2. The number of hydrogen-bond donors (Lipinski definition) is 0. The Kier molecular flexibility index (Phi) is 7.82. The molecule has 2 aromatic rings. The molecule has 7 heteroatoms. The van der Waals surface area contributed by atoms with Gasteiger partial charge in [0, 0.05) is 49.8 Å². The van der Waals surface area contributed by atoms with Gasteiger partial charge in [0.15, 0.2) is 0 Å². The van der Waals surface area contributed by atoms with E-state index in [4.69, 9.17) is 4.74 Å². The first-order valence-corrected chi connectivity index (χ1v) is 11.7. The Labute approximate surface area is 189 Å². The minimum absolute atomic E-state index is 0.0236. The summed E-state index contributed by atoms with van der Waals surface area (Å²) < 4.78 is 6.22. The monoisotopic (exact) mass is 436 g/mol. The molecule has 2 aliphatic rings. The summed E-state index contributed by atoms with van der Waals surface area (Å²) in [4.78, 5) is 38.3. The number of carbonyl (C=O) groups is 2. The van der Waals surface area contributed by atoms with Crippen LogP contribution in [0.25, 0.3) is 0 Å². The van der Waals surface area contributed by atoms with Gasteiger partial charge in [0.1, 0.15) is 0 Å². The maximum Gasteiger partial charge on any atom is 0.242 e. The Morgan fingerprint density at radius 3 is 2.69 bits per heavy atom. The van der Waals surface area contributed by atoms with Crippen molar-refractivity contribution in [2.75, 3.05) is 19.6 Å².